The second-order valence-corrected chi connectivity index (χ2v) is 3.67. The molecule has 0 unspecified atom stereocenters. The van der Waals surface area contributed by atoms with E-state index in [0.717, 1.165) is 5.56 Å². The number of benzene rings is 1. The smallest absolute Gasteiger partial charge is 0.155 e. The summed E-state index contributed by atoms with van der Waals surface area (Å²) in [4.78, 5) is 0. The van der Waals surface area contributed by atoms with E-state index in [9.17, 15) is 4.39 Å². The minimum Gasteiger partial charge on any atom is -0.330 e. The molecule has 0 saturated heterocycles. The van der Waals surface area contributed by atoms with Crippen molar-refractivity contribution in [3.8, 4) is 0 Å². The molecule has 0 heterocycles. The van der Waals surface area contributed by atoms with Crippen LogP contribution < -0.4 is 5.73 Å². The first-order chi connectivity index (χ1) is 5.65. The first-order valence-corrected chi connectivity index (χ1v) is 4.65. The van der Waals surface area contributed by atoms with Crippen molar-refractivity contribution in [1.82, 2.24) is 0 Å². The van der Waals surface area contributed by atoms with Gasteiger partial charge in [0.2, 0.25) is 0 Å². The van der Waals surface area contributed by atoms with Crippen LogP contribution in [0.2, 0.25) is 5.02 Å². The molecule has 66 valence electrons. The summed E-state index contributed by atoms with van der Waals surface area (Å²) in [7, 11) is 0. The Labute approximate surface area is 83.8 Å². The molecule has 1 rings (SSSR count). The molecule has 4 heteroatoms. The molecule has 0 amide bonds. The standard InChI is InChI=1S/C8H8BrClFN/c9-6-3-5(1-2-12)4-7(10)8(6)11/h3-4H,1-2,12H2. The van der Waals surface area contributed by atoms with Crippen molar-refractivity contribution in [2.75, 3.05) is 6.54 Å². The van der Waals surface area contributed by atoms with Crippen molar-refractivity contribution in [3.05, 3.63) is 33.0 Å². The second-order valence-electron chi connectivity index (χ2n) is 2.41. The van der Waals surface area contributed by atoms with Crippen molar-refractivity contribution in [2.45, 2.75) is 6.42 Å². The summed E-state index contributed by atoms with van der Waals surface area (Å²) in [5.74, 6) is -0.419. The fourth-order valence-electron chi connectivity index (χ4n) is 0.919. The topological polar surface area (TPSA) is 26.0 Å². The van der Waals surface area contributed by atoms with Gasteiger partial charge >= 0.3 is 0 Å². The van der Waals surface area contributed by atoms with Crippen LogP contribution in [0, 0.1) is 5.82 Å². The Balaban J connectivity index is 3.04. The molecule has 0 saturated carbocycles. The highest BCUT2D eigenvalue weighted by molar-refractivity contribution is 9.10. The predicted molar refractivity (Wildman–Crippen MR) is 51.9 cm³/mol. The summed E-state index contributed by atoms with van der Waals surface area (Å²) >= 11 is 8.68. The summed E-state index contributed by atoms with van der Waals surface area (Å²) in [5.41, 5.74) is 6.29. The van der Waals surface area contributed by atoms with E-state index in [4.69, 9.17) is 17.3 Å². The Morgan fingerprint density at radius 2 is 2.17 bits per heavy atom. The van der Waals surface area contributed by atoms with Crippen molar-refractivity contribution in [1.29, 1.82) is 0 Å². The highest BCUT2D eigenvalue weighted by atomic mass is 79.9. The Kier molecular flexibility index (Phi) is 3.50. The first kappa shape index (κ1) is 9.96. The maximum atomic E-state index is 12.9. The minimum absolute atomic E-state index is 0.132. The zero-order chi connectivity index (χ0) is 9.14. The van der Waals surface area contributed by atoms with E-state index in [2.05, 4.69) is 15.9 Å². The molecular weight excluding hydrogens is 244 g/mol. The van der Waals surface area contributed by atoms with Gasteiger partial charge in [0.15, 0.2) is 5.82 Å². The molecule has 0 spiro atoms. The van der Waals surface area contributed by atoms with Gasteiger partial charge in [-0.25, -0.2) is 4.39 Å². The Morgan fingerprint density at radius 3 is 2.67 bits per heavy atom. The lowest BCUT2D eigenvalue weighted by Crippen LogP contribution is -2.02. The summed E-state index contributed by atoms with van der Waals surface area (Å²) in [6.45, 7) is 0.536. The summed E-state index contributed by atoms with van der Waals surface area (Å²) in [6, 6.07) is 3.28. The molecule has 12 heavy (non-hydrogen) atoms. The third-order valence-corrected chi connectivity index (χ3v) is 2.33. The molecule has 1 aromatic rings. The zero-order valence-electron chi connectivity index (χ0n) is 6.28. The van der Waals surface area contributed by atoms with Crippen LogP contribution in [0.5, 0.6) is 0 Å². The van der Waals surface area contributed by atoms with Gasteiger partial charge in [0.1, 0.15) is 0 Å². The monoisotopic (exact) mass is 251 g/mol. The first-order valence-electron chi connectivity index (χ1n) is 3.48. The second kappa shape index (κ2) is 4.21. The Morgan fingerprint density at radius 1 is 1.50 bits per heavy atom. The normalized spacial score (nSPS) is 10.3. The quantitative estimate of drug-likeness (QED) is 0.805. The van der Waals surface area contributed by atoms with Crippen molar-refractivity contribution < 1.29 is 4.39 Å². The fraction of sp³-hybridized carbons (Fsp3) is 0.250. The van der Waals surface area contributed by atoms with E-state index in [1.54, 1.807) is 12.1 Å². The van der Waals surface area contributed by atoms with Crippen LogP contribution >= 0.6 is 27.5 Å². The molecule has 0 aromatic heterocycles. The lowest BCUT2D eigenvalue weighted by atomic mass is 10.1. The van der Waals surface area contributed by atoms with E-state index >= 15 is 0 Å². The maximum absolute atomic E-state index is 12.9. The van der Waals surface area contributed by atoms with Crippen LogP contribution in [-0.4, -0.2) is 6.54 Å². The molecular formula is C8H8BrClFN. The third-order valence-electron chi connectivity index (χ3n) is 1.48. The highest BCUT2D eigenvalue weighted by Gasteiger charge is 2.05. The van der Waals surface area contributed by atoms with Crippen LogP contribution in [0.4, 0.5) is 4.39 Å². The summed E-state index contributed by atoms with van der Waals surface area (Å²) < 4.78 is 13.3. The van der Waals surface area contributed by atoms with Gasteiger partial charge in [-0.2, -0.15) is 0 Å². The van der Waals surface area contributed by atoms with E-state index in [1.165, 1.54) is 0 Å². The van der Waals surface area contributed by atoms with Gasteiger partial charge in [0.05, 0.1) is 9.50 Å². The number of halogens is 3. The number of hydrogen-bond acceptors (Lipinski definition) is 1. The number of hydrogen-bond donors (Lipinski definition) is 1. The van der Waals surface area contributed by atoms with E-state index in [1.807, 2.05) is 0 Å². The molecule has 0 aliphatic carbocycles. The van der Waals surface area contributed by atoms with Crippen LogP contribution in [0.15, 0.2) is 16.6 Å². The molecule has 1 aromatic carbocycles. The van der Waals surface area contributed by atoms with Crippen LogP contribution in [0.1, 0.15) is 5.56 Å². The summed E-state index contributed by atoms with van der Waals surface area (Å²) in [6.07, 6.45) is 0.707. The zero-order valence-corrected chi connectivity index (χ0v) is 8.62. The average molecular weight is 253 g/mol. The average Bonchev–Trinajstić information content (AvgIpc) is 2.01. The lowest BCUT2D eigenvalue weighted by molar-refractivity contribution is 0.620. The maximum Gasteiger partial charge on any atom is 0.155 e. The van der Waals surface area contributed by atoms with Gasteiger partial charge in [-0.3, -0.25) is 0 Å². The molecule has 0 radical (unpaired) electrons. The molecule has 0 bridgehead atoms. The molecule has 2 N–H and O–H groups in total. The van der Waals surface area contributed by atoms with E-state index in [-0.39, 0.29) is 5.02 Å². The van der Waals surface area contributed by atoms with Gasteiger partial charge in [-0.15, -0.1) is 0 Å². The molecule has 0 aliphatic heterocycles. The summed E-state index contributed by atoms with van der Waals surface area (Å²) in [5, 5.41) is 0.132. The predicted octanol–water partition coefficient (Wildman–Crippen LogP) is 2.74. The number of rotatable bonds is 2. The van der Waals surface area contributed by atoms with E-state index in [0.29, 0.717) is 17.4 Å². The Bertz CT molecular complexity index is 267. The van der Waals surface area contributed by atoms with Crippen LogP contribution in [0.25, 0.3) is 0 Å². The van der Waals surface area contributed by atoms with Gasteiger partial charge in [0, 0.05) is 0 Å². The Hall–Kier alpha value is -0.120. The van der Waals surface area contributed by atoms with Gasteiger partial charge in [-0.1, -0.05) is 11.6 Å². The van der Waals surface area contributed by atoms with Crippen molar-refractivity contribution >= 4 is 27.5 Å². The molecule has 1 nitrogen and oxygen atoms in total. The molecule has 0 atom stereocenters. The largest absolute Gasteiger partial charge is 0.330 e. The lowest BCUT2D eigenvalue weighted by Gasteiger charge is -2.02. The SMILES string of the molecule is NCCc1cc(Cl)c(F)c(Br)c1. The molecule has 0 fully saturated rings. The van der Waals surface area contributed by atoms with Crippen molar-refractivity contribution in [3.63, 3.8) is 0 Å². The third kappa shape index (κ3) is 2.19. The van der Waals surface area contributed by atoms with Crippen LogP contribution in [0.3, 0.4) is 0 Å². The van der Waals surface area contributed by atoms with E-state index < -0.39 is 5.82 Å². The number of nitrogens with two attached hydrogens (primary N) is 1. The van der Waals surface area contributed by atoms with Gasteiger partial charge in [0.25, 0.3) is 0 Å². The van der Waals surface area contributed by atoms with Gasteiger partial charge in [-0.05, 0) is 46.6 Å². The van der Waals surface area contributed by atoms with Crippen molar-refractivity contribution in [2.24, 2.45) is 5.73 Å². The molecule has 0 aliphatic rings. The fourth-order valence-corrected chi connectivity index (χ4v) is 1.78. The highest BCUT2D eigenvalue weighted by Crippen LogP contribution is 2.25. The van der Waals surface area contributed by atoms with Gasteiger partial charge < -0.3 is 5.73 Å². The van der Waals surface area contributed by atoms with Crippen LogP contribution in [-0.2, 0) is 6.42 Å². The minimum atomic E-state index is -0.419.